The van der Waals surface area contributed by atoms with Crippen LogP contribution in [-0.2, 0) is 11.3 Å². The zero-order chi connectivity index (χ0) is 22.8. The van der Waals surface area contributed by atoms with Gasteiger partial charge in [0.1, 0.15) is 24.3 Å². The molecule has 0 atom stereocenters. The number of amides is 1. The highest BCUT2D eigenvalue weighted by molar-refractivity contribution is 6.02. The first kappa shape index (κ1) is 24.1. The van der Waals surface area contributed by atoms with E-state index in [1.54, 1.807) is 18.5 Å². The van der Waals surface area contributed by atoms with Gasteiger partial charge in [-0.1, -0.05) is 6.07 Å². The molecule has 0 bridgehead atoms. The van der Waals surface area contributed by atoms with E-state index in [4.69, 9.17) is 9.47 Å². The van der Waals surface area contributed by atoms with Crippen LogP contribution in [0, 0.1) is 6.92 Å². The molecule has 0 spiro atoms. The number of ether oxygens (including phenoxy) is 2. The third kappa shape index (κ3) is 5.06. The van der Waals surface area contributed by atoms with Gasteiger partial charge in [-0.3, -0.25) is 14.8 Å². The van der Waals surface area contributed by atoms with E-state index in [-0.39, 0.29) is 18.4 Å². The lowest BCUT2D eigenvalue weighted by Crippen LogP contribution is -2.48. The standard InChI is InChI=1S/C24H27N5O4.ClH/c1-15-12-27-18-3-2-4-19(22(18)28-15)29-23(30)24(31)7-5-16(6-8-24)25-13-17-11-20-21(14-26-17)33-10-9-32-20;/h2-4,11-12,14,16,25,31H,5-10,13H2,1H3,(H,29,30);1H. The number of hydrogen-bond acceptors (Lipinski definition) is 8. The second-order valence-electron chi connectivity index (χ2n) is 8.64. The van der Waals surface area contributed by atoms with Crippen LogP contribution in [0.25, 0.3) is 11.0 Å². The van der Waals surface area contributed by atoms with Crippen molar-refractivity contribution in [3.8, 4) is 11.5 Å². The lowest BCUT2D eigenvalue weighted by molar-refractivity contribution is -0.137. The van der Waals surface area contributed by atoms with Gasteiger partial charge in [-0.2, -0.15) is 0 Å². The molecule has 2 aliphatic rings. The van der Waals surface area contributed by atoms with Gasteiger partial charge in [0.2, 0.25) is 0 Å². The number of fused-ring (bicyclic) bond motifs is 2. The van der Waals surface area contributed by atoms with E-state index in [1.165, 1.54) is 0 Å². The van der Waals surface area contributed by atoms with Crippen LogP contribution in [0.1, 0.15) is 37.1 Å². The first-order chi connectivity index (χ1) is 16.0. The molecule has 34 heavy (non-hydrogen) atoms. The Labute approximate surface area is 203 Å². The predicted molar refractivity (Wildman–Crippen MR) is 129 cm³/mol. The molecule has 5 rings (SSSR count). The molecule has 1 aromatic carbocycles. The van der Waals surface area contributed by atoms with Crippen molar-refractivity contribution in [2.45, 2.75) is 50.8 Å². The molecule has 10 heteroatoms. The van der Waals surface area contributed by atoms with Gasteiger partial charge in [0.25, 0.3) is 5.91 Å². The maximum absolute atomic E-state index is 13.0. The molecule has 1 fully saturated rings. The van der Waals surface area contributed by atoms with Gasteiger partial charge < -0.3 is 25.2 Å². The quantitative estimate of drug-likeness (QED) is 0.504. The minimum absolute atomic E-state index is 0. The maximum atomic E-state index is 13.0. The number of halogens is 1. The molecule has 9 nitrogen and oxygen atoms in total. The number of carbonyl (C=O) groups excluding carboxylic acids is 1. The van der Waals surface area contributed by atoms with Crippen molar-refractivity contribution in [1.29, 1.82) is 0 Å². The van der Waals surface area contributed by atoms with Crippen LogP contribution in [0.4, 0.5) is 5.69 Å². The number of para-hydroxylation sites is 1. The number of aromatic nitrogens is 3. The van der Waals surface area contributed by atoms with E-state index in [0.29, 0.717) is 67.9 Å². The largest absolute Gasteiger partial charge is 0.486 e. The lowest BCUT2D eigenvalue weighted by Gasteiger charge is -2.35. The number of aryl methyl sites for hydroxylation is 1. The third-order valence-electron chi connectivity index (χ3n) is 6.24. The van der Waals surface area contributed by atoms with Crippen molar-refractivity contribution in [3.05, 3.63) is 48.0 Å². The molecule has 0 radical (unpaired) electrons. The predicted octanol–water partition coefficient (Wildman–Crippen LogP) is 2.93. The van der Waals surface area contributed by atoms with Gasteiger partial charge in [0.15, 0.2) is 11.5 Å². The zero-order valence-electron chi connectivity index (χ0n) is 18.9. The van der Waals surface area contributed by atoms with Crippen LogP contribution in [0.2, 0.25) is 0 Å². The maximum Gasteiger partial charge on any atom is 0.256 e. The van der Waals surface area contributed by atoms with Gasteiger partial charge in [-0.05, 0) is 44.7 Å². The number of rotatable bonds is 5. The average Bonchev–Trinajstić information content (AvgIpc) is 2.84. The summed E-state index contributed by atoms with van der Waals surface area (Å²) in [6.07, 6.45) is 5.50. The van der Waals surface area contributed by atoms with E-state index in [0.717, 1.165) is 17.1 Å². The number of aliphatic hydroxyl groups is 1. The van der Waals surface area contributed by atoms with Crippen molar-refractivity contribution < 1.29 is 19.4 Å². The highest BCUT2D eigenvalue weighted by Gasteiger charge is 2.40. The van der Waals surface area contributed by atoms with Crippen molar-refractivity contribution in [1.82, 2.24) is 20.3 Å². The second-order valence-corrected chi connectivity index (χ2v) is 8.64. The molecule has 3 heterocycles. The Bertz CT molecular complexity index is 1180. The molecule has 3 N–H and O–H groups in total. The van der Waals surface area contributed by atoms with Crippen LogP contribution < -0.4 is 20.1 Å². The number of pyridine rings is 1. The van der Waals surface area contributed by atoms with E-state index in [1.807, 2.05) is 25.1 Å². The van der Waals surface area contributed by atoms with E-state index >= 15 is 0 Å². The fourth-order valence-corrected chi connectivity index (χ4v) is 4.32. The summed E-state index contributed by atoms with van der Waals surface area (Å²) in [6.45, 7) is 3.52. The summed E-state index contributed by atoms with van der Waals surface area (Å²) < 4.78 is 11.1. The molecule has 1 aliphatic carbocycles. The average molecular weight is 486 g/mol. The molecule has 0 saturated heterocycles. The summed E-state index contributed by atoms with van der Waals surface area (Å²) in [4.78, 5) is 26.2. The summed E-state index contributed by atoms with van der Waals surface area (Å²) in [5.74, 6) is 0.993. The normalized spacial score (nSPS) is 21.5. The van der Waals surface area contributed by atoms with E-state index < -0.39 is 11.5 Å². The second kappa shape index (κ2) is 10.1. The minimum Gasteiger partial charge on any atom is -0.486 e. The minimum atomic E-state index is -1.41. The first-order valence-electron chi connectivity index (χ1n) is 11.2. The SMILES string of the molecule is Cc1cnc2cccc(NC(=O)C3(O)CCC(NCc4cc5c(cn4)OCCO5)CC3)c2n1.Cl. The Kier molecular flexibility index (Phi) is 7.16. The van der Waals surface area contributed by atoms with Gasteiger partial charge in [-0.25, -0.2) is 4.98 Å². The summed E-state index contributed by atoms with van der Waals surface area (Å²) in [5, 5.41) is 17.4. The molecule has 0 unspecified atom stereocenters. The fraction of sp³-hybridized carbons (Fsp3) is 0.417. The highest BCUT2D eigenvalue weighted by Crippen LogP contribution is 2.32. The number of hydrogen-bond donors (Lipinski definition) is 3. The molecular weight excluding hydrogens is 458 g/mol. The number of carbonyl (C=O) groups is 1. The van der Waals surface area contributed by atoms with Crippen molar-refractivity contribution in [2.75, 3.05) is 18.5 Å². The van der Waals surface area contributed by atoms with E-state index in [9.17, 15) is 9.90 Å². The van der Waals surface area contributed by atoms with Crippen molar-refractivity contribution in [2.24, 2.45) is 0 Å². The lowest BCUT2D eigenvalue weighted by atomic mass is 9.81. The summed E-state index contributed by atoms with van der Waals surface area (Å²) >= 11 is 0. The van der Waals surface area contributed by atoms with Crippen LogP contribution in [0.3, 0.4) is 0 Å². The number of benzene rings is 1. The highest BCUT2D eigenvalue weighted by atomic mass is 35.5. The molecule has 1 saturated carbocycles. The van der Waals surface area contributed by atoms with Crippen LogP contribution in [0.5, 0.6) is 11.5 Å². The molecule has 2 aromatic heterocycles. The molecule has 1 amide bonds. The molecular formula is C24H28ClN5O4. The molecule has 1 aliphatic heterocycles. The number of anilines is 1. The monoisotopic (exact) mass is 485 g/mol. The Hall–Kier alpha value is -3.01. The van der Waals surface area contributed by atoms with Crippen molar-refractivity contribution in [3.63, 3.8) is 0 Å². The van der Waals surface area contributed by atoms with Gasteiger partial charge in [0, 0.05) is 24.8 Å². The zero-order valence-corrected chi connectivity index (χ0v) is 19.7. The number of nitrogens with zero attached hydrogens (tertiary/aromatic N) is 3. The summed E-state index contributed by atoms with van der Waals surface area (Å²) in [7, 11) is 0. The Balaban J connectivity index is 0.00000274. The summed E-state index contributed by atoms with van der Waals surface area (Å²) in [5.41, 5.74) is 2.11. The van der Waals surface area contributed by atoms with Crippen molar-refractivity contribution >= 4 is 35.0 Å². The van der Waals surface area contributed by atoms with E-state index in [2.05, 4.69) is 25.6 Å². The van der Waals surface area contributed by atoms with Gasteiger partial charge in [-0.15, -0.1) is 12.4 Å². The third-order valence-corrected chi connectivity index (χ3v) is 6.24. The van der Waals surface area contributed by atoms with Crippen LogP contribution in [-0.4, -0.2) is 50.8 Å². The fourth-order valence-electron chi connectivity index (χ4n) is 4.32. The van der Waals surface area contributed by atoms with Crippen LogP contribution >= 0.6 is 12.4 Å². The molecule has 3 aromatic rings. The van der Waals surface area contributed by atoms with Gasteiger partial charge >= 0.3 is 0 Å². The van der Waals surface area contributed by atoms with Crippen LogP contribution in [0.15, 0.2) is 36.7 Å². The Morgan fingerprint density at radius 3 is 2.71 bits per heavy atom. The molecule has 180 valence electrons. The number of nitrogens with one attached hydrogen (secondary N) is 2. The van der Waals surface area contributed by atoms with Gasteiger partial charge in [0.05, 0.1) is 28.8 Å². The Morgan fingerprint density at radius 1 is 1.15 bits per heavy atom. The Morgan fingerprint density at radius 2 is 1.91 bits per heavy atom. The summed E-state index contributed by atoms with van der Waals surface area (Å²) in [6, 6.07) is 7.53. The topological polar surface area (TPSA) is 118 Å². The first-order valence-corrected chi connectivity index (χ1v) is 11.2. The smallest absolute Gasteiger partial charge is 0.256 e.